The summed E-state index contributed by atoms with van der Waals surface area (Å²) < 4.78 is 10.3. The number of rotatable bonds is 5. The third kappa shape index (κ3) is 3.08. The molecule has 0 fully saturated rings. The van der Waals surface area contributed by atoms with Crippen LogP contribution in [0, 0.1) is 0 Å². The number of aromatic nitrogens is 3. The van der Waals surface area contributed by atoms with Gasteiger partial charge in [-0.05, 0) is 25.1 Å². The molecule has 0 saturated heterocycles. The molecule has 0 saturated carbocycles. The Bertz CT molecular complexity index is 607. The van der Waals surface area contributed by atoms with Gasteiger partial charge in [0.25, 0.3) is 0 Å². The first-order valence-electron chi connectivity index (χ1n) is 6.05. The molecule has 1 aromatic heterocycles. The van der Waals surface area contributed by atoms with Crippen LogP contribution in [0.5, 0.6) is 11.8 Å². The Morgan fingerprint density at radius 3 is 2.60 bits per heavy atom. The van der Waals surface area contributed by atoms with Crippen molar-refractivity contribution in [2.45, 2.75) is 6.92 Å². The Hall–Kier alpha value is -2.08. The molecule has 0 radical (unpaired) electrons. The predicted molar refractivity (Wildman–Crippen MR) is 77.5 cm³/mol. The van der Waals surface area contributed by atoms with Crippen molar-refractivity contribution in [3.8, 4) is 23.1 Å². The highest BCUT2D eigenvalue weighted by atomic mass is 35.5. The van der Waals surface area contributed by atoms with Gasteiger partial charge < -0.3 is 14.8 Å². The van der Waals surface area contributed by atoms with Gasteiger partial charge in [-0.2, -0.15) is 15.0 Å². The summed E-state index contributed by atoms with van der Waals surface area (Å²) in [5.41, 5.74) is 0.770. The standard InChI is InChI=1S/C13H15ClN4O2/c1-4-15-12-16-11(17-13(18-12)20-3)8-5-6-9(14)10(7-8)19-2/h5-7H,4H2,1-3H3,(H,15,16,17,18). The molecule has 0 atom stereocenters. The number of halogens is 1. The molecule has 0 aliphatic heterocycles. The zero-order chi connectivity index (χ0) is 14.5. The van der Waals surface area contributed by atoms with Gasteiger partial charge >= 0.3 is 6.01 Å². The van der Waals surface area contributed by atoms with Gasteiger partial charge in [-0.25, -0.2) is 0 Å². The summed E-state index contributed by atoms with van der Waals surface area (Å²) in [6.07, 6.45) is 0. The number of methoxy groups -OCH3 is 2. The van der Waals surface area contributed by atoms with Crippen molar-refractivity contribution < 1.29 is 9.47 Å². The smallest absolute Gasteiger partial charge is 0.321 e. The third-order valence-corrected chi connectivity index (χ3v) is 2.85. The summed E-state index contributed by atoms with van der Waals surface area (Å²) >= 11 is 6.01. The van der Waals surface area contributed by atoms with E-state index in [9.17, 15) is 0 Å². The van der Waals surface area contributed by atoms with E-state index in [0.29, 0.717) is 29.1 Å². The van der Waals surface area contributed by atoms with E-state index < -0.39 is 0 Å². The Balaban J connectivity index is 2.47. The molecule has 0 unspecified atom stereocenters. The topological polar surface area (TPSA) is 69.2 Å². The van der Waals surface area contributed by atoms with E-state index in [1.807, 2.05) is 13.0 Å². The monoisotopic (exact) mass is 294 g/mol. The summed E-state index contributed by atoms with van der Waals surface area (Å²) in [5.74, 6) is 1.51. The van der Waals surface area contributed by atoms with E-state index >= 15 is 0 Å². The summed E-state index contributed by atoms with van der Waals surface area (Å²) in [6, 6.07) is 5.57. The minimum atomic E-state index is 0.250. The third-order valence-electron chi connectivity index (χ3n) is 2.54. The van der Waals surface area contributed by atoms with Crippen LogP contribution in [0.1, 0.15) is 6.92 Å². The van der Waals surface area contributed by atoms with E-state index in [4.69, 9.17) is 21.1 Å². The van der Waals surface area contributed by atoms with Gasteiger partial charge in [-0.3, -0.25) is 0 Å². The highest BCUT2D eigenvalue weighted by Gasteiger charge is 2.10. The molecule has 106 valence electrons. The molecule has 0 amide bonds. The lowest BCUT2D eigenvalue weighted by Gasteiger charge is -2.08. The molecule has 1 N–H and O–H groups in total. The van der Waals surface area contributed by atoms with Crippen molar-refractivity contribution in [2.75, 3.05) is 26.1 Å². The van der Waals surface area contributed by atoms with Crippen LogP contribution >= 0.6 is 11.6 Å². The summed E-state index contributed by atoms with van der Waals surface area (Å²) in [7, 11) is 3.07. The van der Waals surface area contributed by atoms with Crippen LogP contribution in [0.4, 0.5) is 5.95 Å². The number of ether oxygens (including phenoxy) is 2. The number of benzene rings is 1. The summed E-state index contributed by atoms with van der Waals surface area (Å²) in [4.78, 5) is 12.7. The van der Waals surface area contributed by atoms with E-state index in [1.54, 1.807) is 19.2 Å². The highest BCUT2D eigenvalue weighted by molar-refractivity contribution is 6.32. The maximum atomic E-state index is 6.01. The molecular weight excluding hydrogens is 280 g/mol. The fraction of sp³-hybridized carbons (Fsp3) is 0.308. The van der Waals surface area contributed by atoms with Crippen LogP contribution < -0.4 is 14.8 Å². The van der Waals surface area contributed by atoms with E-state index in [2.05, 4.69) is 20.3 Å². The number of hydrogen-bond donors (Lipinski definition) is 1. The largest absolute Gasteiger partial charge is 0.495 e. The maximum Gasteiger partial charge on any atom is 0.321 e. The van der Waals surface area contributed by atoms with Gasteiger partial charge in [0.1, 0.15) is 5.75 Å². The second-order valence-corrected chi connectivity index (χ2v) is 4.26. The van der Waals surface area contributed by atoms with E-state index in [0.717, 1.165) is 5.56 Å². The fourth-order valence-corrected chi connectivity index (χ4v) is 1.81. The number of nitrogens with one attached hydrogen (secondary N) is 1. The SMILES string of the molecule is CCNc1nc(OC)nc(-c2ccc(Cl)c(OC)c2)n1. The van der Waals surface area contributed by atoms with Crippen molar-refractivity contribution in [3.63, 3.8) is 0 Å². The minimum Gasteiger partial charge on any atom is -0.495 e. The van der Waals surface area contributed by atoms with Crippen molar-refractivity contribution in [2.24, 2.45) is 0 Å². The van der Waals surface area contributed by atoms with Crippen LogP contribution in [0.25, 0.3) is 11.4 Å². The van der Waals surface area contributed by atoms with Gasteiger partial charge in [0.05, 0.1) is 19.2 Å². The number of anilines is 1. The van der Waals surface area contributed by atoms with Crippen molar-refractivity contribution >= 4 is 17.5 Å². The van der Waals surface area contributed by atoms with Crippen LogP contribution in [0.3, 0.4) is 0 Å². The molecule has 0 spiro atoms. The van der Waals surface area contributed by atoms with Gasteiger partial charge in [0, 0.05) is 12.1 Å². The Morgan fingerprint density at radius 1 is 1.15 bits per heavy atom. The number of nitrogens with zero attached hydrogens (tertiary/aromatic N) is 3. The highest BCUT2D eigenvalue weighted by Crippen LogP contribution is 2.29. The lowest BCUT2D eigenvalue weighted by molar-refractivity contribution is 0.379. The first-order valence-corrected chi connectivity index (χ1v) is 6.43. The molecular formula is C13H15ClN4O2. The lowest BCUT2D eigenvalue weighted by Crippen LogP contribution is -2.06. The maximum absolute atomic E-state index is 6.01. The molecule has 1 aromatic carbocycles. The molecule has 0 bridgehead atoms. The van der Waals surface area contributed by atoms with Crippen molar-refractivity contribution in [3.05, 3.63) is 23.2 Å². The van der Waals surface area contributed by atoms with Crippen LogP contribution in [0.2, 0.25) is 5.02 Å². The average Bonchev–Trinajstić information content (AvgIpc) is 2.47. The van der Waals surface area contributed by atoms with Crippen molar-refractivity contribution in [1.29, 1.82) is 0 Å². The van der Waals surface area contributed by atoms with Crippen LogP contribution in [-0.2, 0) is 0 Å². The Kier molecular flexibility index (Phi) is 4.57. The quantitative estimate of drug-likeness (QED) is 0.914. The molecule has 7 heteroatoms. The fourth-order valence-electron chi connectivity index (χ4n) is 1.61. The molecule has 2 rings (SSSR count). The van der Waals surface area contributed by atoms with Gasteiger partial charge in [0.2, 0.25) is 5.95 Å². The molecule has 0 aliphatic rings. The summed E-state index contributed by atoms with van der Waals surface area (Å²) in [5, 5.41) is 3.56. The minimum absolute atomic E-state index is 0.250. The zero-order valence-corrected chi connectivity index (χ0v) is 12.2. The van der Waals surface area contributed by atoms with Gasteiger partial charge in [0.15, 0.2) is 5.82 Å². The molecule has 20 heavy (non-hydrogen) atoms. The molecule has 0 aliphatic carbocycles. The summed E-state index contributed by atoms with van der Waals surface area (Å²) in [6.45, 7) is 2.66. The Morgan fingerprint density at radius 2 is 1.95 bits per heavy atom. The molecule has 1 heterocycles. The lowest BCUT2D eigenvalue weighted by atomic mass is 10.2. The normalized spacial score (nSPS) is 10.2. The Labute approximate surface area is 122 Å². The van der Waals surface area contributed by atoms with Gasteiger partial charge in [-0.15, -0.1) is 0 Å². The molecule has 2 aromatic rings. The van der Waals surface area contributed by atoms with Crippen LogP contribution in [0.15, 0.2) is 18.2 Å². The second kappa shape index (κ2) is 6.38. The average molecular weight is 295 g/mol. The van der Waals surface area contributed by atoms with Crippen molar-refractivity contribution in [1.82, 2.24) is 15.0 Å². The predicted octanol–water partition coefficient (Wildman–Crippen LogP) is 2.64. The first-order chi connectivity index (χ1) is 9.67. The van der Waals surface area contributed by atoms with Gasteiger partial charge in [-0.1, -0.05) is 11.6 Å². The van der Waals surface area contributed by atoms with E-state index in [-0.39, 0.29) is 6.01 Å². The zero-order valence-electron chi connectivity index (χ0n) is 11.5. The first kappa shape index (κ1) is 14.3. The van der Waals surface area contributed by atoms with E-state index in [1.165, 1.54) is 7.11 Å². The second-order valence-electron chi connectivity index (χ2n) is 3.85. The molecule has 6 nitrogen and oxygen atoms in total. The van der Waals surface area contributed by atoms with Crippen LogP contribution in [-0.4, -0.2) is 35.7 Å². The number of hydrogen-bond acceptors (Lipinski definition) is 6.